The Kier molecular flexibility index (Phi) is 3.84. The van der Waals surface area contributed by atoms with Crippen LogP contribution in [0.2, 0.25) is 0 Å². The van der Waals surface area contributed by atoms with Crippen LogP contribution in [0.1, 0.15) is 28.8 Å². The van der Waals surface area contributed by atoms with Crippen LogP contribution in [-0.4, -0.2) is 23.7 Å². The number of amides is 1. The molecule has 2 N–H and O–H groups in total. The first-order chi connectivity index (χ1) is 8.04. The highest BCUT2D eigenvalue weighted by molar-refractivity contribution is 9.10. The van der Waals surface area contributed by atoms with Crippen LogP contribution < -0.4 is 5.32 Å². The quantitative estimate of drug-likeness (QED) is 0.899. The van der Waals surface area contributed by atoms with Gasteiger partial charge in [0.1, 0.15) is 0 Å². The van der Waals surface area contributed by atoms with Crippen LogP contribution in [0.15, 0.2) is 22.7 Å². The zero-order chi connectivity index (χ0) is 12.4. The summed E-state index contributed by atoms with van der Waals surface area (Å²) in [6, 6.07) is 5.66. The average molecular weight is 298 g/mol. The smallest absolute Gasteiger partial charge is 0.251 e. The van der Waals surface area contributed by atoms with Crippen molar-refractivity contribution in [3.05, 3.63) is 33.8 Å². The van der Waals surface area contributed by atoms with Gasteiger partial charge >= 0.3 is 0 Å². The van der Waals surface area contributed by atoms with Gasteiger partial charge in [-0.1, -0.05) is 15.9 Å². The molecule has 1 aromatic carbocycles. The average Bonchev–Trinajstić information content (AvgIpc) is 2.21. The van der Waals surface area contributed by atoms with Crippen molar-refractivity contribution in [2.24, 2.45) is 5.92 Å². The van der Waals surface area contributed by atoms with E-state index >= 15 is 0 Å². The summed E-state index contributed by atoms with van der Waals surface area (Å²) in [5.41, 5.74) is 1.74. The van der Waals surface area contributed by atoms with E-state index in [-0.39, 0.29) is 12.0 Å². The van der Waals surface area contributed by atoms with Gasteiger partial charge in [-0.2, -0.15) is 0 Å². The third-order valence-corrected chi connectivity index (χ3v) is 3.52. The molecule has 0 atom stereocenters. The van der Waals surface area contributed by atoms with Gasteiger partial charge in [0.2, 0.25) is 0 Å². The standard InChI is InChI=1S/C13H16BrNO2/c1-8-2-10(6-11(14)3-8)13(17)15-7-9-4-12(16)5-9/h2-3,6,9,12,16H,4-5,7H2,1H3,(H,15,17). The Morgan fingerprint density at radius 3 is 2.76 bits per heavy atom. The lowest BCUT2D eigenvalue weighted by Crippen LogP contribution is -2.38. The first-order valence-corrected chi connectivity index (χ1v) is 6.57. The predicted molar refractivity (Wildman–Crippen MR) is 69.9 cm³/mol. The lowest BCUT2D eigenvalue weighted by molar-refractivity contribution is 0.0420. The third kappa shape index (κ3) is 3.30. The molecule has 0 unspecified atom stereocenters. The molecule has 0 aromatic heterocycles. The fourth-order valence-electron chi connectivity index (χ4n) is 2.07. The molecule has 1 amide bonds. The van der Waals surface area contributed by atoms with Gasteiger partial charge in [0.25, 0.3) is 5.91 Å². The summed E-state index contributed by atoms with van der Waals surface area (Å²) in [6.45, 7) is 2.62. The van der Waals surface area contributed by atoms with Crippen LogP contribution >= 0.6 is 15.9 Å². The Morgan fingerprint density at radius 1 is 1.47 bits per heavy atom. The Labute approximate surface area is 109 Å². The number of halogens is 1. The Balaban J connectivity index is 1.90. The molecule has 1 aliphatic carbocycles. The van der Waals surface area contributed by atoms with Crippen molar-refractivity contribution in [2.75, 3.05) is 6.54 Å². The molecular formula is C13H16BrNO2. The molecule has 1 fully saturated rings. The number of hydrogen-bond donors (Lipinski definition) is 2. The van der Waals surface area contributed by atoms with Crippen molar-refractivity contribution in [1.82, 2.24) is 5.32 Å². The topological polar surface area (TPSA) is 49.3 Å². The van der Waals surface area contributed by atoms with E-state index in [0.717, 1.165) is 22.9 Å². The number of carbonyl (C=O) groups excluding carboxylic acids is 1. The van der Waals surface area contributed by atoms with Crippen LogP contribution in [0.4, 0.5) is 0 Å². The lowest BCUT2D eigenvalue weighted by atomic mass is 9.82. The van der Waals surface area contributed by atoms with E-state index in [4.69, 9.17) is 5.11 Å². The minimum Gasteiger partial charge on any atom is -0.393 e. The van der Waals surface area contributed by atoms with E-state index in [1.165, 1.54) is 0 Å². The van der Waals surface area contributed by atoms with Gasteiger partial charge in [0.15, 0.2) is 0 Å². The first-order valence-electron chi connectivity index (χ1n) is 5.78. The van der Waals surface area contributed by atoms with Gasteiger partial charge in [-0.25, -0.2) is 0 Å². The molecule has 1 aliphatic rings. The van der Waals surface area contributed by atoms with Gasteiger partial charge in [-0.3, -0.25) is 4.79 Å². The summed E-state index contributed by atoms with van der Waals surface area (Å²) in [4.78, 5) is 11.9. The van der Waals surface area contributed by atoms with E-state index in [9.17, 15) is 4.79 Å². The molecular weight excluding hydrogens is 282 g/mol. The fourth-order valence-corrected chi connectivity index (χ4v) is 2.68. The van der Waals surface area contributed by atoms with E-state index in [1.807, 2.05) is 25.1 Å². The molecule has 0 spiro atoms. The van der Waals surface area contributed by atoms with Crippen molar-refractivity contribution >= 4 is 21.8 Å². The lowest BCUT2D eigenvalue weighted by Gasteiger charge is -2.31. The Bertz CT molecular complexity index is 407. The summed E-state index contributed by atoms with van der Waals surface area (Å²) in [5, 5.41) is 12.1. The normalized spacial score (nSPS) is 23.0. The van der Waals surface area contributed by atoms with Crippen molar-refractivity contribution in [2.45, 2.75) is 25.9 Å². The molecule has 2 rings (SSSR count). The minimum atomic E-state index is -0.162. The molecule has 0 aliphatic heterocycles. The first kappa shape index (κ1) is 12.6. The minimum absolute atomic E-state index is 0.0456. The molecule has 17 heavy (non-hydrogen) atoms. The van der Waals surface area contributed by atoms with Crippen molar-refractivity contribution in [3.63, 3.8) is 0 Å². The maximum absolute atomic E-state index is 11.9. The summed E-state index contributed by atoms with van der Waals surface area (Å²) in [5.74, 6) is 0.387. The molecule has 92 valence electrons. The number of rotatable bonds is 3. The number of benzene rings is 1. The molecule has 4 heteroatoms. The SMILES string of the molecule is Cc1cc(Br)cc(C(=O)NCC2CC(O)C2)c1. The molecule has 1 aromatic rings. The second-order valence-electron chi connectivity index (χ2n) is 4.72. The Hall–Kier alpha value is -0.870. The number of aliphatic hydroxyl groups is 1. The Morgan fingerprint density at radius 2 is 2.18 bits per heavy atom. The molecule has 0 radical (unpaired) electrons. The van der Waals surface area contributed by atoms with E-state index in [1.54, 1.807) is 0 Å². The van der Waals surface area contributed by atoms with Gasteiger partial charge in [-0.15, -0.1) is 0 Å². The van der Waals surface area contributed by atoms with Crippen molar-refractivity contribution in [1.29, 1.82) is 0 Å². The summed E-state index contributed by atoms with van der Waals surface area (Å²) < 4.78 is 0.918. The summed E-state index contributed by atoms with van der Waals surface area (Å²) in [6.07, 6.45) is 1.44. The number of nitrogens with one attached hydrogen (secondary N) is 1. The molecule has 0 heterocycles. The summed E-state index contributed by atoms with van der Waals surface area (Å²) >= 11 is 3.38. The van der Waals surface area contributed by atoms with Crippen LogP contribution in [-0.2, 0) is 0 Å². The molecule has 0 saturated heterocycles. The maximum atomic E-state index is 11.9. The highest BCUT2D eigenvalue weighted by Gasteiger charge is 2.27. The number of aryl methyl sites for hydroxylation is 1. The highest BCUT2D eigenvalue weighted by Crippen LogP contribution is 2.26. The molecule has 1 saturated carbocycles. The summed E-state index contributed by atoms with van der Waals surface area (Å²) in [7, 11) is 0. The van der Waals surface area contributed by atoms with Gasteiger partial charge < -0.3 is 10.4 Å². The van der Waals surface area contributed by atoms with Crippen LogP contribution in [0, 0.1) is 12.8 Å². The zero-order valence-electron chi connectivity index (χ0n) is 9.74. The second kappa shape index (κ2) is 5.19. The zero-order valence-corrected chi connectivity index (χ0v) is 11.3. The maximum Gasteiger partial charge on any atom is 0.251 e. The van der Waals surface area contributed by atoms with E-state index in [0.29, 0.717) is 18.0 Å². The predicted octanol–water partition coefficient (Wildman–Crippen LogP) is 2.26. The largest absolute Gasteiger partial charge is 0.393 e. The van der Waals surface area contributed by atoms with E-state index in [2.05, 4.69) is 21.2 Å². The van der Waals surface area contributed by atoms with Gasteiger partial charge in [0.05, 0.1) is 6.10 Å². The van der Waals surface area contributed by atoms with Gasteiger partial charge in [0, 0.05) is 16.6 Å². The van der Waals surface area contributed by atoms with Crippen LogP contribution in [0.3, 0.4) is 0 Å². The van der Waals surface area contributed by atoms with Gasteiger partial charge in [-0.05, 0) is 49.4 Å². The molecule has 3 nitrogen and oxygen atoms in total. The monoisotopic (exact) mass is 297 g/mol. The fraction of sp³-hybridized carbons (Fsp3) is 0.462. The van der Waals surface area contributed by atoms with Crippen molar-refractivity contribution in [3.8, 4) is 0 Å². The second-order valence-corrected chi connectivity index (χ2v) is 5.63. The number of aliphatic hydroxyl groups excluding tert-OH is 1. The number of hydrogen-bond acceptors (Lipinski definition) is 2. The van der Waals surface area contributed by atoms with Crippen molar-refractivity contribution < 1.29 is 9.90 Å². The van der Waals surface area contributed by atoms with Crippen LogP contribution in [0.5, 0.6) is 0 Å². The van der Waals surface area contributed by atoms with E-state index < -0.39 is 0 Å². The third-order valence-electron chi connectivity index (χ3n) is 3.07. The van der Waals surface area contributed by atoms with Crippen LogP contribution in [0.25, 0.3) is 0 Å². The molecule has 0 bridgehead atoms. The highest BCUT2D eigenvalue weighted by atomic mass is 79.9. The number of carbonyl (C=O) groups is 1.